The van der Waals surface area contributed by atoms with Gasteiger partial charge >= 0.3 is 5.97 Å². The van der Waals surface area contributed by atoms with Gasteiger partial charge in [0, 0.05) is 32.5 Å². The Balaban J connectivity index is 1.40. The van der Waals surface area contributed by atoms with Crippen LogP contribution in [-0.4, -0.2) is 37.6 Å². The second kappa shape index (κ2) is 10.8. The fraction of sp³-hybridized carbons (Fsp3) is 0.125. The second-order valence-corrected chi connectivity index (χ2v) is 10.8. The number of carboxylic acids is 1. The first-order chi connectivity index (χ1) is 20.2. The Morgan fingerprint density at radius 1 is 1.07 bits per heavy atom. The fourth-order valence-corrected chi connectivity index (χ4v) is 5.26. The third kappa shape index (κ3) is 5.01. The van der Waals surface area contributed by atoms with E-state index in [1.54, 1.807) is 36.5 Å². The number of fused-ring (bicyclic) bond motifs is 2. The third-order valence-electron chi connectivity index (χ3n) is 6.99. The van der Waals surface area contributed by atoms with E-state index in [1.807, 2.05) is 66.9 Å². The van der Waals surface area contributed by atoms with Gasteiger partial charge in [-0.1, -0.05) is 28.1 Å². The average molecular weight is 625 g/mol. The molecule has 210 valence electrons. The summed E-state index contributed by atoms with van der Waals surface area (Å²) in [5, 5.41) is 15.0. The van der Waals surface area contributed by atoms with Crippen molar-refractivity contribution in [2.24, 2.45) is 5.10 Å². The summed E-state index contributed by atoms with van der Waals surface area (Å²) in [5.74, 6) is 0.152. The lowest BCUT2D eigenvalue weighted by atomic mass is 10.2. The summed E-state index contributed by atoms with van der Waals surface area (Å²) in [6.07, 6.45) is 0.693. The minimum absolute atomic E-state index is 0.294. The highest BCUT2D eigenvalue weighted by atomic mass is 79.9. The molecule has 3 aromatic heterocycles. The average Bonchev–Trinajstić information content (AvgIpc) is 3.52. The molecule has 0 saturated heterocycles. The molecule has 42 heavy (non-hydrogen) atoms. The molecule has 0 radical (unpaired) electrons. The number of halogens is 1. The first kappa shape index (κ1) is 27.2. The minimum atomic E-state index is -1.03. The summed E-state index contributed by atoms with van der Waals surface area (Å²) in [6, 6.07) is 23.9. The molecule has 0 spiro atoms. The molecule has 0 fully saturated rings. The first-order valence-electron chi connectivity index (χ1n) is 13.1. The van der Waals surface area contributed by atoms with Crippen LogP contribution in [0.15, 0.2) is 97.6 Å². The number of hydrogen-bond donors (Lipinski definition) is 1. The van der Waals surface area contributed by atoms with E-state index in [9.17, 15) is 9.59 Å². The number of benzene rings is 3. The molecule has 0 amide bonds. The van der Waals surface area contributed by atoms with Crippen molar-refractivity contribution < 1.29 is 19.1 Å². The zero-order chi connectivity index (χ0) is 29.5. The van der Waals surface area contributed by atoms with Crippen LogP contribution in [-0.2, 0) is 4.79 Å². The molecule has 6 aromatic rings. The summed E-state index contributed by atoms with van der Waals surface area (Å²) in [6.45, 7) is 5.42. The van der Waals surface area contributed by atoms with Gasteiger partial charge in [0.05, 0.1) is 17.1 Å². The predicted octanol–water partition coefficient (Wildman–Crippen LogP) is 6.71. The highest BCUT2D eigenvalue weighted by Gasteiger charge is 2.18. The Labute approximate surface area is 248 Å². The van der Waals surface area contributed by atoms with Gasteiger partial charge < -0.3 is 18.8 Å². The summed E-state index contributed by atoms with van der Waals surface area (Å²) < 4.78 is 15.8. The van der Waals surface area contributed by atoms with E-state index in [0.717, 1.165) is 32.5 Å². The lowest BCUT2D eigenvalue weighted by molar-refractivity contribution is -0.144. The number of carboxylic acid groups (broad SMARTS) is 1. The van der Waals surface area contributed by atoms with Gasteiger partial charge in [-0.25, -0.2) is 9.78 Å². The van der Waals surface area contributed by atoms with Gasteiger partial charge in [0.15, 0.2) is 11.9 Å². The van der Waals surface area contributed by atoms with Gasteiger partial charge in [-0.15, -0.1) is 0 Å². The summed E-state index contributed by atoms with van der Waals surface area (Å²) in [7, 11) is 0. The third-order valence-corrected chi connectivity index (χ3v) is 7.48. The number of hydrogen-bond acceptors (Lipinski definition) is 6. The van der Waals surface area contributed by atoms with E-state index in [2.05, 4.69) is 21.0 Å². The maximum Gasteiger partial charge on any atom is 0.344 e. The Hall–Kier alpha value is -4.96. The molecule has 0 aliphatic rings. The number of nitrogens with zero attached hydrogens (tertiary/aromatic N) is 4. The highest BCUT2D eigenvalue weighted by molar-refractivity contribution is 9.10. The van der Waals surface area contributed by atoms with Crippen molar-refractivity contribution in [1.29, 1.82) is 0 Å². The van der Waals surface area contributed by atoms with Crippen LogP contribution in [0.25, 0.3) is 39.1 Å². The van der Waals surface area contributed by atoms with Crippen LogP contribution in [0.1, 0.15) is 23.9 Å². The molecule has 3 heterocycles. The van der Waals surface area contributed by atoms with Gasteiger partial charge in [0.2, 0.25) is 5.82 Å². The van der Waals surface area contributed by atoms with Crippen molar-refractivity contribution in [2.75, 3.05) is 0 Å². The molecular weight excluding hydrogens is 600 g/mol. The number of aromatic nitrogens is 3. The fourth-order valence-electron chi connectivity index (χ4n) is 4.88. The van der Waals surface area contributed by atoms with E-state index in [-0.39, 0.29) is 5.56 Å². The summed E-state index contributed by atoms with van der Waals surface area (Å²) >= 11 is 3.49. The van der Waals surface area contributed by atoms with Crippen LogP contribution >= 0.6 is 15.9 Å². The Kier molecular flexibility index (Phi) is 6.99. The van der Waals surface area contributed by atoms with E-state index >= 15 is 0 Å². The standard InChI is InChI=1S/C32H25BrN4O5/c1-18-14-22(19(2)36(18)24-9-11-25(12-10-24)41-20(3)32(39)40)17-34-37-30(35-27-7-5-4-6-26(27)31(37)38)29-16-21-15-23(33)8-13-28(21)42-29/h4-17,20H,1-3H3,(H,39,40)/t20-/m1/s1. The predicted molar refractivity (Wildman–Crippen MR) is 165 cm³/mol. The van der Waals surface area contributed by atoms with Crippen LogP contribution in [0, 0.1) is 13.8 Å². The van der Waals surface area contributed by atoms with Crippen molar-refractivity contribution in [3.8, 4) is 23.0 Å². The Morgan fingerprint density at radius 2 is 1.83 bits per heavy atom. The van der Waals surface area contributed by atoms with Crippen molar-refractivity contribution in [2.45, 2.75) is 26.9 Å². The largest absolute Gasteiger partial charge is 0.479 e. The molecule has 3 aromatic carbocycles. The zero-order valence-corrected chi connectivity index (χ0v) is 24.5. The summed E-state index contributed by atoms with van der Waals surface area (Å²) in [4.78, 5) is 29.5. The topological polar surface area (TPSA) is 112 Å². The van der Waals surface area contributed by atoms with Crippen molar-refractivity contribution >= 4 is 50.0 Å². The molecule has 6 rings (SSSR count). The van der Waals surface area contributed by atoms with Crippen molar-refractivity contribution in [3.63, 3.8) is 0 Å². The number of aryl methyl sites for hydroxylation is 1. The number of rotatable bonds is 7. The van der Waals surface area contributed by atoms with Crippen LogP contribution in [0.4, 0.5) is 0 Å². The maximum atomic E-state index is 13.6. The molecule has 1 N–H and O–H groups in total. The molecule has 9 nitrogen and oxygen atoms in total. The molecule has 1 atom stereocenters. The van der Waals surface area contributed by atoms with E-state index in [4.69, 9.17) is 19.2 Å². The number of para-hydroxylation sites is 1. The highest BCUT2D eigenvalue weighted by Crippen LogP contribution is 2.29. The van der Waals surface area contributed by atoms with Crippen molar-refractivity contribution in [1.82, 2.24) is 14.2 Å². The molecular formula is C32H25BrN4O5. The molecule has 10 heteroatoms. The molecule has 0 aliphatic carbocycles. The van der Waals surface area contributed by atoms with E-state index in [1.165, 1.54) is 11.6 Å². The monoisotopic (exact) mass is 624 g/mol. The van der Waals surface area contributed by atoms with E-state index in [0.29, 0.717) is 33.8 Å². The smallest absolute Gasteiger partial charge is 0.344 e. The van der Waals surface area contributed by atoms with Crippen LogP contribution in [0.2, 0.25) is 0 Å². The Morgan fingerprint density at radius 3 is 2.60 bits per heavy atom. The van der Waals surface area contributed by atoms with Crippen LogP contribution in [0.3, 0.4) is 0 Å². The van der Waals surface area contributed by atoms with Gasteiger partial charge in [0.1, 0.15) is 11.3 Å². The van der Waals surface area contributed by atoms with Gasteiger partial charge in [-0.3, -0.25) is 4.79 Å². The quantitative estimate of drug-likeness (QED) is 0.197. The number of aliphatic carboxylic acids is 1. The van der Waals surface area contributed by atoms with Gasteiger partial charge in [-0.2, -0.15) is 9.78 Å². The normalized spacial score (nSPS) is 12.4. The number of furan rings is 1. The Bertz CT molecular complexity index is 2070. The van der Waals surface area contributed by atoms with Crippen LogP contribution in [0.5, 0.6) is 5.75 Å². The molecule has 0 aliphatic heterocycles. The summed E-state index contributed by atoms with van der Waals surface area (Å²) in [5.41, 5.74) is 4.45. The second-order valence-electron chi connectivity index (χ2n) is 9.86. The number of carbonyl (C=O) groups is 1. The lowest BCUT2D eigenvalue weighted by Crippen LogP contribution is -2.22. The number of ether oxygens (including phenoxy) is 1. The SMILES string of the molecule is Cc1cc(C=Nn2c(-c3cc4cc(Br)ccc4o3)nc3ccccc3c2=O)c(C)n1-c1ccc(O[C@H](C)C(=O)O)cc1. The van der Waals surface area contributed by atoms with Crippen molar-refractivity contribution in [3.05, 3.63) is 111 Å². The maximum absolute atomic E-state index is 13.6. The zero-order valence-electron chi connectivity index (χ0n) is 22.9. The molecule has 0 saturated carbocycles. The van der Waals surface area contributed by atoms with Crippen LogP contribution < -0.4 is 10.3 Å². The first-order valence-corrected chi connectivity index (χ1v) is 13.9. The lowest BCUT2D eigenvalue weighted by Gasteiger charge is -2.13. The molecule has 0 unspecified atom stereocenters. The molecule has 0 bridgehead atoms. The van der Waals surface area contributed by atoms with Gasteiger partial charge in [0.25, 0.3) is 5.56 Å². The van der Waals surface area contributed by atoms with E-state index < -0.39 is 12.1 Å². The minimum Gasteiger partial charge on any atom is -0.479 e. The van der Waals surface area contributed by atoms with Gasteiger partial charge in [-0.05, 0) is 87.5 Å².